The molecule has 21 saturated heterocycles. The van der Waals surface area contributed by atoms with Gasteiger partial charge in [0.25, 0.3) is 0 Å². The van der Waals surface area contributed by atoms with Crippen molar-refractivity contribution in [2.45, 2.75) is 487 Å². The molecule has 750 valence electrons. The van der Waals surface area contributed by atoms with Gasteiger partial charge < -0.3 is 164 Å². The molecule has 0 aromatic carbocycles. The van der Waals surface area contributed by atoms with Crippen LogP contribution in [0.3, 0.4) is 0 Å². The summed E-state index contributed by atoms with van der Waals surface area (Å²) in [5.74, 6) is 0. The van der Waals surface area contributed by atoms with E-state index in [1.807, 2.05) is 237 Å². The van der Waals surface area contributed by atoms with Crippen molar-refractivity contribution in [2.24, 2.45) is 5.11 Å². The van der Waals surface area contributed by atoms with E-state index < -0.39 is 308 Å². The molecular weight excluding hydrogens is 1790 g/mol. The Bertz CT molecular complexity index is 3490. The summed E-state index contributed by atoms with van der Waals surface area (Å²) in [7, 11) is -19.8. The molecule has 0 saturated carbocycles. The van der Waals surface area contributed by atoms with E-state index in [1.165, 1.54) is 0 Å². The molecule has 0 aromatic heterocycles. The third-order valence-corrected chi connectivity index (χ3v) is 62.1. The highest BCUT2D eigenvalue weighted by Crippen LogP contribution is 2.48. The maximum Gasteiger partial charge on any atom is 0.192 e. The molecule has 21 aliphatic rings. The molecule has 21 fully saturated rings. The summed E-state index contributed by atoms with van der Waals surface area (Å²) in [6.07, 6.45) is -63.3. The zero-order valence-corrected chi connectivity index (χ0v) is 89.9. The van der Waals surface area contributed by atoms with Crippen molar-refractivity contribution >= 4 is 58.2 Å². The first kappa shape index (κ1) is 113. The number of azide groups is 1. The predicted octanol–water partition coefficient (Wildman–Crippen LogP) is 7.29. The summed E-state index contributed by atoms with van der Waals surface area (Å²) < 4.78 is 142. The number of ether oxygens (including phenoxy) is 14. The fraction of sp³-hybridized carbons (Fsp3) is 1.00. The highest BCUT2D eigenvalue weighted by atomic mass is 28.4. The summed E-state index contributed by atoms with van der Waals surface area (Å²) in [5.41, 5.74) is 10.6. The molecule has 21 heterocycles. The van der Waals surface area contributed by atoms with E-state index in [9.17, 15) is 71.9 Å². The second-order valence-corrected chi connectivity index (χ2v) is 80.7. The lowest BCUT2D eigenvalue weighted by atomic mass is 9.94. The molecule has 21 aliphatic heterocycles. The minimum atomic E-state index is -2.85. The van der Waals surface area contributed by atoms with Crippen molar-refractivity contribution in [3.63, 3.8) is 0 Å². The van der Waals surface area contributed by atoms with Crippen LogP contribution in [0.25, 0.3) is 10.4 Å². The van der Waals surface area contributed by atoms with E-state index in [0.29, 0.717) is 0 Å². The van der Waals surface area contributed by atoms with Crippen LogP contribution in [-0.2, 0) is 97.3 Å². The second kappa shape index (κ2) is 41.7. The van der Waals surface area contributed by atoms with E-state index in [0.717, 1.165) is 0 Å². The maximum atomic E-state index is 12.9. The molecule has 0 aliphatic carbocycles. The van der Waals surface area contributed by atoms with Crippen LogP contribution in [0, 0.1) is 0 Å². The molecule has 0 amide bonds. The topological polar surface area (TPSA) is 506 Å². The van der Waals surface area contributed by atoms with Gasteiger partial charge in [0.2, 0.25) is 0 Å². The average molecular weight is 1960 g/mol. The molecule has 0 aromatic rings. The first-order valence-electron chi connectivity index (χ1n) is 45.5. The lowest BCUT2D eigenvalue weighted by Gasteiger charge is -2.51. The van der Waals surface area contributed by atoms with Crippen LogP contribution in [0.2, 0.25) is 127 Å². The molecular formula is C84H167N3O34Si7. The lowest BCUT2D eigenvalue weighted by Crippen LogP contribution is -2.69. The number of hydrogen-bond acceptors (Lipinski definition) is 35. The van der Waals surface area contributed by atoms with Crippen LogP contribution in [0.1, 0.15) is 145 Å². The lowest BCUT2D eigenvalue weighted by molar-refractivity contribution is -0.396. The molecule has 35 atom stereocenters. The highest BCUT2D eigenvalue weighted by molar-refractivity contribution is 6.76. The highest BCUT2D eigenvalue weighted by Gasteiger charge is 2.63. The number of aliphatic hydroxyl groups is 13. The van der Waals surface area contributed by atoms with E-state index in [1.54, 1.807) is 0 Å². The Morgan fingerprint density at radius 2 is 0.336 bits per heavy atom. The predicted molar refractivity (Wildman–Crippen MR) is 488 cm³/mol. The van der Waals surface area contributed by atoms with Crippen molar-refractivity contribution in [2.75, 3.05) is 46.2 Å². The van der Waals surface area contributed by atoms with Gasteiger partial charge in [-0.3, -0.25) is 0 Å². The normalized spacial score (nSPS) is 40.0. The van der Waals surface area contributed by atoms with Gasteiger partial charge >= 0.3 is 0 Å². The van der Waals surface area contributed by atoms with Crippen molar-refractivity contribution in [3.05, 3.63) is 10.4 Å². The van der Waals surface area contributed by atoms with Crippen LogP contribution in [0.5, 0.6) is 0 Å². The minimum Gasteiger partial charge on any atom is -0.414 e. The number of rotatable bonds is 22. The van der Waals surface area contributed by atoms with E-state index in [4.69, 9.17) is 97.3 Å². The van der Waals surface area contributed by atoms with Crippen molar-refractivity contribution in [1.82, 2.24) is 0 Å². The molecule has 128 heavy (non-hydrogen) atoms. The molecule has 0 unspecified atom stereocenters. The summed E-state index contributed by atoms with van der Waals surface area (Å²) in [6, 6.07) is -1.78. The fourth-order valence-electron chi connectivity index (χ4n) is 14.1. The first-order valence-corrected chi connectivity index (χ1v) is 65.9. The largest absolute Gasteiger partial charge is 0.414 e. The zero-order valence-electron chi connectivity index (χ0n) is 82.9. The Morgan fingerprint density at radius 1 is 0.211 bits per heavy atom. The van der Waals surface area contributed by atoms with Gasteiger partial charge in [-0.05, 0) is 132 Å². The average Bonchev–Trinajstić information content (AvgIpc) is 0.769. The molecule has 44 heteroatoms. The van der Waals surface area contributed by atoms with Crippen LogP contribution >= 0.6 is 0 Å². The standard InChI is InChI=1S/C84H167N3O34Si7/c1-78(2,3)122(22,23)101-36-43-64-50(86-87-85)51(88)71(108-43)116-65-44(37-102-123(24,25)79(4,5)6)110-73(59(96)53(65)90)118-67-46(39-104-125(28,29)81(10,11)12)112-75(61(98)55(67)92)120-69-48(41-106-127(32,33)83(16,17)18)114-77(63(100)57(69)94)121-70-49(42-107-128(34,35)84(19,20)21)113-76(62(99)56(70)93)119-68-47(40-105-126(30,31)82(13,14)15)111-74(60(97)54(68)91)117-66-45(38-103-124(26,27)80(7,8)9)109-72(115-64)58(95)52(66)89/h43-77,88-100H,36-42H2,1-35H3/t43-,44-,45-,46-,47-,48-,49-,50+,51+,52-,53-,54-,55-,56-,57-,58-,59-,60-,61-,62-,63-,64-,65-,66-,67-,68-,69-,70-,71-,72-,73-,74-,75-,76-,77-/m1/s1. The maximum absolute atomic E-state index is 12.9. The third-order valence-electron chi connectivity index (χ3n) is 30.6. The minimum absolute atomic E-state index is 0.376. The van der Waals surface area contributed by atoms with E-state index in [-0.39, 0.29) is 46.2 Å². The molecule has 0 spiro atoms. The monoisotopic (exact) mass is 1960 g/mol. The van der Waals surface area contributed by atoms with Crippen LogP contribution in [-0.4, -0.2) is 386 Å². The molecule has 13 N–H and O–H groups in total. The van der Waals surface area contributed by atoms with Gasteiger partial charge in [0.1, 0.15) is 165 Å². The quantitative estimate of drug-likeness (QED) is 0.0219. The molecule has 0 radical (unpaired) electrons. The van der Waals surface area contributed by atoms with Crippen LogP contribution in [0.15, 0.2) is 5.11 Å². The van der Waals surface area contributed by atoms with Crippen LogP contribution in [0.4, 0.5) is 0 Å². The van der Waals surface area contributed by atoms with E-state index >= 15 is 0 Å². The third kappa shape index (κ3) is 25.6. The summed E-state index contributed by atoms with van der Waals surface area (Å²) >= 11 is 0. The smallest absolute Gasteiger partial charge is 0.192 e. The Morgan fingerprint density at radius 3 is 0.469 bits per heavy atom. The van der Waals surface area contributed by atoms with Gasteiger partial charge in [-0.1, -0.05) is 151 Å². The SMILES string of the molecule is CC(C)(C)[Si](C)(C)OC[C@H]1O[C@@H]2O[C@H]3[C@H](O)[C@@H](O)[C@@H](O[C@H]4[C@H](O)[C@@H](O)[C@@H](O[C@H]5[C@H](O)[C@@H](O)[C@@H](O[C@H]6[C@H](O)[C@@H](O)[C@@H](O[C@H]7[C@H](O)[C@@H](O)[C@@H](O[C@H]8[C@@H](N=[N+]=[N-])[C@H](O)[C@@H](O[C@H]1[C@H](O)[C@H]2O)O[C@@H]8CO[Si](C)(C)C(C)(C)C)O[C@@H]7CO[Si](C)(C)C(C)(C)C)O[C@@H]6CO[Si](C)(C)C(C)(C)C)O[C@@H]5CO[Si](C)(C)C(C)(C)C)O[C@@H]4CO[Si](C)(C)C(C)(C)C)O[C@@H]3CO[Si](C)(C)C(C)(C)C. The van der Waals surface area contributed by atoms with Crippen molar-refractivity contribution in [3.8, 4) is 0 Å². The second-order valence-electron chi connectivity index (χ2n) is 47.1. The number of nitrogens with zero attached hydrogens (tertiary/aromatic N) is 3. The van der Waals surface area contributed by atoms with Crippen LogP contribution < -0.4 is 0 Å². The van der Waals surface area contributed by atoms with Crippen molar-refractivity contribution in [1.29, 1.82) is 0 Å². The van der Waals surface area contributed by atoms with Gasteiger partial charge in [0.05, 0.1) is 52.3 Å². The van der Waals surface area contributed by atoms with Gasteiger partial charge in [-0.2, -0.15) is 0 Å². The first-order chi connectivity index (χ1) is 58.0. The Kier molecular flexibility index (Phi) is 36.7. The van der Waals surface area contributed by atoms with Gasteiger partial charge in [-0.15, -0.1) is 0 Å². The summed E-state index contributed by atoms with van der Waals surface area (Å²) in [5, 5.41) is 167. The summed E-state index contributed by atoms with van der Waals surface area (Å²) in [4.78, 5) is 3.17. The molecule has 37 nitrogen and oxygen atoms in total. The zero-order chi connectivity index (χ0) is 97.4. The Hall–Kier alpha value is -0.532. The number of hydrogen-bond donors (Lipinski definition) is 13. The Balaban J connectivity index is 1.33. The molecule has 14 bridgehead atoms. The summed E-state index contributed by atoms with van der Waals surface area (Å²) in [6.45, 7) is 66.8. The van der Waals surface area contributed by atoms with Gasteiger partial charge in [0, 0.05) is 4.91 Å². The van der Waals surface area contributed by atoms with Gasteiger partial charge in [-0.25, -0.2) is 0 Å². The Labute approximate surface area is 766 Å². The van der Waals surface area contributed by atoms with Crippen molar-refractivity contribution < 1.29 is 164 Å². The van der Waals surface area contributed by atoms with E-state index in [2.05, 4.69) is 10.0 Å². The molecule has 21 rings (SSSR count). The van der Waals surface area contributed by atoms with Gasteiger partial charge in [0.15, 0.2) is 102 Å². The number of aliphatic hydroxyl groups excluding tert-OH is 13. The fourth-order valence-corrected chi connectivity index (χ4v) is 21.2.